The summed E-state index contributed by atoms with van der Waals surface area (Å²) in [6.45, 7) is 9.99. The largest absolute Gasteiger partial charge is 0.456 e. The van der Waals surface area contributed by atoms with E-state index in [0.29, 0.717) is 27.7 Å². The molecular weight excluding hydrogens is 388 g/mol. The number of cyclic esters (lactones) is 1. The molecule has 2 aliphatic heterocycles. The fraction of sp³-hybridized carbons (Fsp3) is 0.136. The van der Waals surface area contributed by atoms with Gasteiger partial charge in [-0.15, -0.1) is 0 Å². The molecule has 3 heterocycles. The molecule has 0 saturated heterocycles. The number of benzene rings is 2. The number of hydrogen-bond acceptors (Lipinski definition) is 4. The molecule has 0 bridgehead atoms. The summed E-state index contributed by atoms with van der Waals surface area (Å²) in [7, 11) is 0. The summed E-state index contributed by atoms with van der Waals surface area (Å²) in [5, 5.41) is 12.1. The first-order valence-electron chi connectivity index (χ1n) is 9.06. The lowest BCUT2D eigenvalue weighted by Crippen LogP contribution is -2.25. The van der Waals surface area contributed by atoms with Crippen LogP contribution in [0.2, 0.25) is 5.02 Å². The van der Waals surface area contributed by atoms with E-state index in [1.54, 1.807) is 12.1 Å². The van der Waals surface area contributed by atoms with Crippen LogP contribution in [0.25, 0.3) is 21.4 Å². The van der Waals surface area contributed by atoms with Crippen LogP contribution >= 0.6 is 11.6 Å². The van der Waals surface area contributed by atoms with E-state index in [4.69, 9.17) is 22.9 Å². The van der Waals surface area contributed by atoms with Crippen molar-refractivity contribution in [2.75, 3.05) is 6.61 Å². The Morgan fingerprint density at radius 3 is 2.79 bits per heavy atom. The Bertz CT molecular complexity index is 1280. The molecule has 29 heavy (non-hydrogen) atoms. The molecule has 3 aromatic rings. The minimum absolute atomic E-state index is 0.167. The molecule has 2 aliphatic rings. The lowest BCUT2D eigenvalue weighted by Gasteiger charge is -2.27. The zero-order valence-corrected chi connectivity index (χ0v) is 16.2. The topological polar surface area (TPSA) is 71.4 Å². The van der Waals surface area contributed by atoms with Gasteiger partial charge in [0.05, 0.1) is 35.0 Å². The first kappa shape index (κ1) is 17.5. The normalized spacial score (nSPS) is 18.5. The van der Waals surface area contributed by atoms with Crippen molar-refractivity contribution < 1.29 is 9.53 Å². The monoisotopic (exact) mass is 402 g/mol. The van der Waals surface area contributed by atoms with Gasteiger partial charge in [-0.3, -0.25) is 5.10 Å². The maximum atomic E-state index is 12.5. The van der Waals surface area contributed by atoms with Crippen molar-refractivity contribution in [2.45, 2.75) is 12.8 Å². The number of fused-ring (bicyclic) bond motifs is 1. The first-order chi connectivity index (χ1) is 14.1. The second-order valence-electron chi connectivity index (χ2n) is 7.02. The number of H-pyrrole nitrogens is 1. The average molecular weight is 403 g/mol. The highest BCUT2D eigenvalue weighted by Gasteiger charge is 2.40. The second-order valence-corrected chi connectivity index (χ2v) is 7.46. The predicted molar refractivity (Wildman–Crippen MR) is 110 cm³/mol. The highest BCUT2D eigenvalue weighted by Crippen LogP contribution is 2.44. The molecule has 1 aromatic heterocycles. The van der Waals surface area contributed by atoms with E-state index < -0.39 is 11.9 Å². The first-order valence-corrected chi connectivity index (χ1v) is 9.44. The number of allylic oxidation sites excluding steroid dienone is 1. The van der Waals surface area contributed by atoms with Crippen LogP contribution in [0.1, 0.15) is 22.7 Å². The number of halogens is 1. The number of aromatic amines is 1. The van der Waals surface area contributed by atoms with Crippen molar-refractivity contribution in [3.63, 3.8) is 0 Å². The van der Waals surface area contributed by atoms with Gasteiger partial charge in [0.2, 0.25) is 5.70 Å². The average Bonchev–Trinajstić information content (AvgIpc) is 3.29. The smallest absolute Gasteiger partial charge is 0.335 e. The molecule has 0 saturated carbocycles. The Balaban J connectivity index is 1.74. The van der Waals surface area contributed by atoms with Gasteiger partial charge in [-0.05, 0) is 42.3 Å². The van der Waals surface area contributed by atoms with Crippen molar-refractivity contribution in [2.24, 2.45) is 0 Å². The molecule has 0 fully saturated rings. The number of esters is 1. The zero-order valence-electron chi connectivity index (χ0n) is 15.4. The maximum Gasteiger partial charge on any atom is 0.335 e. The van der Waals surface area contributed by atoms with Gasteiger partial charge in [-0.1, -0.05) is 29.8 Å². The number of dihydropyridines is 1. The van der Waals surface area contributed by atoms with Crippen molar-refractivity contribution in [3.05, 3.63) is 92.7 Å². The number of rotatable bonds is 2. The summed E-state index contributed by atoms with van der Waals surface area (Å²) in [6, 6.07) is 13.1. The van der Waals surface area contributed by atoms with Crippen LogP contribution in [0.5, 0.6) is 0 Å². The predicted octanol–water partition coefficient (Wildman–Crippen LogP) is 4.31. The van der Waals surface area contributed by atoms with Crippen LogP contribution in [-0.4, -0.2) is 22.8 Å². The van der Waals surface area contributed by atoms with Gasteiger partial charge in [0.15, 0.2) is 0 Å². The molecule has 1 atom stereocenters. The van der Waals surface area contributed by atoms with Gasteiger partial charge in [-0.2, -0.15) is 5.10 Å². The van der Waals surface area contributed by atoms with Gasteiger partial charge >= 0.3 is 5.97 Å². The number of hydrogen-bond donors (Lipinski definition) is 2. The molecule has 142 valence electrons. The summed E-state index contributed by atoms with van der Waals surface area (Å²) in [5.74, 6) is -0.902. The van der Waals surface area contributed by atoms with E-state index in [1.807, 2.05) is 37.3 Å². The fourth-order valence-corrected chi connectivity index (χ4v) is 4.06. The van der Waals surface area contributed by atoms with Gasteiger partial charge in [0.25, 0.3) is 0 Å². The Morgan fingerprint density at radius 1 is 1.24 bits per heavy atom. The Labute approximate surface area is 171 Å². The van der Waals surface area contributed by atoms with Crippen molar-refractivity contribution in [1.29, 1.82) is 0 Å². The van der Waals surface area contributed by atoms with Gasteiger partial charge in [0, 0.05) is 16.1 Å². The number of carbonyl (C=O) groups is 1. The number of carbonyl (C=O) groups excluding carboxylic acids is 1. The quantitative estimate of drug-likeness (QED) is 0.495. The van der Waals surface area contributed by atoms with E-state index in [0.717, 1.165) is 27.7 Å². The highest BCUT2D eigenvalue weighted by molar-refractivity contribution is 6.30. The van der Waals surface area contributed by atoms with Gasteiger partial charge < -0.3 is 10.1 Å². The molecule has 0 spiro atoms. The molecule has 6 nitrogen and oxygen atoms in total. The summed E-state index contributed by atoms with van der Waals surface area (Å²) in [4.78, 5) is 16.4. The number of nitrogens with one attached hydrogen (secondary N) is 2. The number of ether oxygens (including phenoxy) is 1. The number of aryl methyl sites for hydroxylation is 1. The third kappa shape index (κ3) is 2.71. The summed E-state index contributed by atoms with van der Waals surface area (Å²) >= 11 is 6.03. The van der Waals surface area contributed by atoms with Crippen molar-refractivity contribution in [1.82, 2.24) is 15.5 Å². The standard InChI is InChI=1S/C22H15ClN4O2/c1-11-15-9-13(5-8-16(15)27-26-11)18-19-17(10-29-22(19)28)25-20(21(18)24-2)12-3-6-14(23)7-4-12/h3-9,18,25H,10H2,1H3,(H,26,27). The van der Waals surface area contributed by atoms with Crippen LogP contribution in [-0.2, 0) is 9.53 Å². The van der Waals surface area contributed by atoms with E-state index in [1.165, 1.54) is 0 Å². The Hall–Kier alpha value is -3.56. The molecule has 1 unspecified atom stereocenters. The molecule has 0 amide bonds. The SMILES string of the molecule is [C-]#[N+]C1=C(c2ccc(Cl)cc2)NC2=C(C(=O)OC2)C1c1ccc2[nH]nc(C)c2c1. The molecule has 7 heteroatoms. The van der Waals surface area contributed by atoms with E-state index >= 15 is 0 Å². The Kier molecular flexibility index (Phi) is 3.93. The number of aromatic nitrogens is 2. The molecule has 0 radical (unpaired) electrons. The van der Waals surface area contributed by atoms with E-state index in [9.17, 15) is 4.79 Å². The fourth-order valence-electron chi connectivity index (χ4n) is 3.93. The molecule has 5 rings (SSSR count). The summed E-state index contributed by atoms with van der Waals surface area (Å²) in [6.07, 6.45) is 0. The van der Waals surface area contributed by atoms with Gasteiger partial charge in [0.1, 0.15) is 6.61 Å². The van der Waals surface area contributed by atoms with Crippen LogP contribution in [0.3, 0.4) is 0 Å². The number of nitrogens with zero attached hydrogens (tertiary/aromatic N) is 2. The highest BCUT2D eigenvalue weighted by atomic mass is 35.5. The minimum atomic E-state index is -0.511. The lowest BCUT2D eigenvalue weighted by atomic mass is 9.83. The minimum Gasteiger partial charge on any atom is -0.456 e. The summed E-state index contributed by atoms with van der Waals surface area (Å²) in [5.41, 5.74) is 5.77. The van der Waals surface area contributed by atoms with E-state index in [2.05, 4.69) is 20.4 Å². The molecule has 0 aliphatic carbocycles. The van der Waals surface area contributed by atoms with Crippen LogP contribution < -0.4 is 5.32 Å². The van der Waals surface area contributed by atoms with Crippen LogP contribution in [0, 0.1) is 13.5 Å². The van der Waals surface area contributed by atoms with E-state index in [-0.39, 0.29) is 6.61 Å². The van der Waals surface area contributed by atoms with Crippen LogP contribution in [0.15, 0.2) is 59.4 Å². The van der Waals surface area contributed by atoms with Crippen LogP contribution in [0.4, 0.5) is 0 Å². The molecule has 2 N–H and O–H groups in total. The Morgan fingerprint density at radius 2 is 2.03 bits per heavy atom. The second kappa shape index (κ2) is 6.50. The third-order valence-electron chi connectivity index (χ3n) is 5.35. The van der Waals surface area contributed by atoms with Gasteiger partial charge in [-0.25, -0.2) is 9.64 Å². The molecule has 2 aromatic carbocycles. The third-order valence-corrected chi connectivity index (χ3v) is 5.60. The maximum absolute atomic E-state index is 12.5. The summed E-state index contributed by atoms with van der Waals surface area (Å²) < 4.78 is 5.30. The molecular formula is C22H15ClN4O2. The van der Waals surface area contributed by atoms with Crippen molar-refractivity contribution >= 4 is 34.2 Å². The lowest BCUT2D eigenvalue weighted by molar-refractivity contribution is -0.136. The van der Waals surface area contributed by atoms with Crippen molar-refractivity contribution in [3.8, 4) is 0 Å². The zero-order chi connectivity index (χ0) is 20.1.